The summed E-state index contributed by atoms with van der Waals surface area (Å²) in [6.45, 7) is 0. The SMILES string of the molecule is C1=CC2c3cc4c(cc3N(c3ccc(-c5ccccc5)c5ccccc35)C2C=C1)c1ccccc1n4-c1ccc2ccccc2c1. The highest BCUT2D eigenvalue weighted by atomic mass is 15.2. The van der Waals surface area contributed by atoms with Crippen LogP contribution in [-0.2, 0) is 0 Å². The fourth-order valence-corrected chi connectivity index (χ4v) is 8.03. The average Bonchev–Trinajstić information content (AvgIpc) is 3.62. The van der Waals surface area contributed by atoms with E-state index in [1.807, 2.05) is 0 Å². The van der Waals surface area contributed by atoms with Crippen molar-refractivity contribution in [1.82, 2.24) is 4.57 Å². The van der Waals surface area contributed by atoms with E-state index in [1.165, 1.54) is 77.1 Å². The quantitative estimate of drug-likeness (QED) is 0.200. The second kappa shape index (κ2) is 9.82. The lowest BCUT2D eigenvalue weighted by atomic mass is 9.90. The lowest BCUT2D eigenvalue weighted by molar-refractivity contribution is 0.746. The van der Waals surface area contributed by atoms with Gasteiger partial charge in [0.25, 0.3) is 0 Å². The predicted octanol–water partition coefficient (Wildman–Crippen LogP) is 11.5. The number of hydrogen-bond donors (Lipinski definition) is 0. The van der Waals surface area contributed by atoms with Crippen LogP contribution in [0, 0.1) is 0 Å². The maximum Gasteiger partial charge on any atom is 0.0629 e. The topological polar surface area (TPSA) is 8.17 Å². The van der Waals surface area contributed by atoms with Gasteiger partial charge in [0, 0.05) is 39.1 Å². The molecule has 10 rings (SSSR count). The van der Waals surface area contributed by atoms with Crippen molar-refractivity contribution < 1.29 is 0 Å². The highest BCUT2D eigenvalue weighted by molar-refractivity contribution is 6.12. The van der Waals surface area contributed by atoms with E-state index < -0.39 is 0 Å². The van der Waals surface area contributed by atoms with Gasteiger partial charge >= 0.3 is 0 Å². The molecule has 0 amide bonds. The molecule has 2 heteroatoms. The summed E-state index contributed by atoms with van der Waals surface area (Å²) in [5.74, 6) is 0.264. The van der Waals surface area contributed by atoms with Crippen LogP contribution in [0.2, 0.25) is 0 Å². The third-order valence-electron chi connectivity index (χ3n) is 10.1. The number of para-hydroxylation sites is 1. The van der Waals surface area contributed by atoms with Crippen LogP contribution < -0.4 is 4.90 Å². The molecule has 1 aliphatic carbocycles. The summed E-state index contributed by atoms with van der Waals surface area (Å²) in [4.78, 5) is 2.60. The van der Waals surface area contributed by atoms with Gasteiger partial charge in [-0.05, 0) is 69.2 Å². The Morgan fingerprint density at radius 1 is 0.457 bits per heavy atom. The Morgan fingerprint density at radius 3 is 2.09 bits per heavy atom. The molecule has 1 aromatic heterocycles. The third kappa shape index (κ3) is 3.64. The first-order valence-electron chi connectivity index (χ1n) is 16.1. The monoisotopic (exact) mass is 586 g/mol. The molecule has 2 nitrogen and oxygen atoms in total. The summed E-state index contributed by atoms with van der Waals surface area (Å²) < 4.78 is 2.46. The fourth-order valence-electron chi connectivity index (χ4n) is 8.03. The Hall–Kier alpha value is -5.86. The molecule has 8 aromatic rings. The van der Waals surface area contributed by atoms with Crippen LogP contribution >= 0.6 is 0 Å². The Morgan fingerprint density at radius 2 is 1.20 bits per heavy atom. The second-order valence-corrected chi connectivity index (χ2v) is 12.5. The van der Waals surface area contributed by atoms with Gasteiger partial charge in [-0.3, -0.25) is 0 Å². The van der Waals surface area contributed by atoms with Gasteiger partial charge in [-0.25, -0.2) is 0 Å². The first-order valence-corrected chi connectivity index (χ1v) is 16.1. The number of fused-ring (bicyclic) bond motifs is 8. The van der Waals surface area contributed by atoms with Crippen molar-refractivity contribution >= 4 is 54.7 Å². The van der Waals surface area contributed by atoms with Crippen molar-refractivity contribution in [3.8, 4) is 16.8 Å². The van der Waals surface area contributed by atoms with Crippen molar-refractivity contribution in [2.24, 2.45) is 0 Å². The smallest absolute Gasteiger partial charge is 0.0629 e. The number of nitrogens with zero attached hydrogens (tertiary/aromatic N) is 2. The number of benzene rings is 7. The van der Waals surface area contributed by atoms with Crippen LogP contribution in [0.4, 0.5) is 11.4 Å². The molecule has 0 saturated heterocycles. The van der Waals surface area contributed by atoms with Gasteiger partial charge in [-0.2, -0.15) is 0 Å². The number of hydrogen-bond acceptors (Lipinski definition) is 1. The average molecular weight is 587 g/mol. The molecular weight excluding hydrogens is 556 g/mol. The molecule has 2 unspecified atom stereocenters. The molecule has 7 aromatic carbocycles. The van der Waals surface area contributed by atoms with Gasteiger partial charge in [0.05, 0.1) is 17.1 Å². The standard InChI is InChI=1S/C44H30N2/c1-2-13-30(14-3-1)33-24-25-42(35-17-7-6-16-34(33)35)46-41-21-11-9-19-37(41)39-27-43-38(28-44(39)46)36-18-8-10-20-40(36)45(43)32-23-22-29-12-4-5-15-31(29)26-32/h1-28,37,41H. The molecule has 216 valence electrons. The maximum atomic E-state index is 2.60. The zero-order chi connectivity index (χ0) is 30.2. The Labute approximate surface area is 267 Å². The molecule has 0 fully saturated rings. The van der Waals surface area contributed by atoms with E-state index in [-0.39, 0.29) is 12.0 Å². The van der Waals surface area contributed by atoms with E-state index in [2.05, 4.69) is 179 Å². The van der Waals surface area contributed by atoms with E-state index in [0.717, 1.165) is 0 Å². The Bertz CT molecular complexity index is 2550. The molecule has 0 spiro atoms. The van der Waals surface area contributed by atoms with E-state index >= 15 is 0 Å². The van der Waals surface area contributed by atoms with E-state index in [4.69, 9.17) is 0 Å². The van der Waals surface area contributed by atoms with Gasteiger partial charge in [-0.15, -0.1) is 0 Å². The Balaban J connectivity index is 1.23. The first kappa shape index (κ1) is 25.5. The predicted molar refractivity (Wildman–Crippen MR) is 195 cm³/mol. The van der Waals surface area contributed by atoms with Crippen molar-refractivity contribution in [1.29, 1.82) is 0 Å². The lowest BCUT2D eigenvalue weighted by Crippen LogP contribution is -2.28. The number of aromatic nitrogens is 1. The molecule has 0 radical (unpaired) electrons. The van der Waals surface area contributed by atoms with E-state index in [9.17, 15) is 0 Å². The number of rotatable bonds is 3. The fraction of sp³-hybridized carbons (Fsp3) is 0.0455. The normalized spacial score (nSPS) is 16.9. The Kier molecular flexibility index (Phi) is 5.44. The van der Waals surface area contributed by atoms with E-state index in [0.29, 0.717) is 0 Å². The minimum atomic E-state index is 0.206. The minimum Gasteiger partial charge on any atom is -0.333 e. The number of allylic oxidation sites excluding steroid dienone is 2. The molecule has 0 saturated carbocycles. The van der Waals surface area contributed by atoms with Crippen LogP contribution in [-0.4, -0.2) is 10.6 Å². The highest BCUT2D eigenvalue weighted by Gasteiger charge is 2.39. The van der Waals surface area contributed by atoms with Crippen molar-refractivity contribution in [3.63, 3.8) is 0 Å². The molecule has 1 aliphatic heterocycles. The molecule has 0 N–H and O–H groups in total. The van der Waals surface area contributed by atoms with Crippen LogP contribution in [0.25, 0.3) is 60.2 Å². The zero-order valence-corrected chi connectivity index (χ0v) is 25.2. The first-order chi connectivity index (χ1) is 22.8. The van der Waals surface area contributed by atoms with Gasteiger partial charge in [0.15, 0.2) is 0 Å². The minimum absolute atomic E-state index is 0.206. The molecule has 46 heavy (non-hydrogen) atoms. The molecule has 0 bridgehead atoms. The molecular formula is C44H30N2. The summed E-state index contributed by atoms with van der Waals surface area (Å²) in [5.41, 5.74) is 10.1. The van der Waals surface area contributed by atoms with Gasteiger partial charge in [0.2, 0.25) is 0 Å². The molecule has 2 aliphatic rings. The largest absolute Gasteiger partial charge is 0.333 e. The van der Waals surface area contributed by atoms with Crippen LogP contribution in [0.15, 0.2) is 170 Å². The van der Waals surface area contributed by atoms with Gasteiger partial charge < -0.3 is 9.47 Å². The molecule has 2 atom stereocenters. The summed E-state index contributed by atoms with van der Waals surface area (Å²) in [7, 11) is 0. The van der Waals surface area contributed by atoms with Gasteiger partial charge in [0.1, 0.15) is 0 Å². The van der Waals surface area contributed by atoms with Crippen molar-refractivity contribution in [3.05, 3.63) is 175 Å². The van der Waals surface area contributed by atoms with Crippen molar-refractivity contribution in [2.45, 2.75) is 12.0 Å². The second-order valence-electron chi connectivity index (χ2n) is 12.5. The zero-order valence-electron chi connectivity index (χ0n) is 25.2. The van der Waals surface area contributed by atoms with E-state index in [1.54, 1.807) is 0 Å². The third-order valence-corrected chi connectivity index (χ3v) is 10.1. The maximum absolute atomic E-state index is 2.60. The van der Waals surface area contributed by atoms with Gasteiger partial charge in [-0.1, -0.05) is 133 Å². The molecule has 2 heterocycles. The summed E-state index contributed by atoms with van der Waals surface area (Å²) >= 11 is 0. The summed E-state index contributed by atoms with van der Waals surface area (Å²) in [6.07, 6.45) is 9.20. The van der Waals surface area contributed by atoms with Crippen LogP contribution in [0.3, 0.4) is 0 Å². The van der Waals surface area contributed by atoms with Crippen molar-refractivity contribution in [2.75, 3.05) is 4.90 Å². The lowest BCUT2D eigenvalue weighted by Gasteiger charge is -2.30. The number of anilines is 2. The van der Waals surface area contributed by atoms with Crippen LogP contribution in [0.1, 0.15) is 11.5 Å². The highest BCUT2D eigenvalue weighted by Crippen LogP contribution is 2.52. The summed E-state index contributed by atoms with van der Waals surface area (Å²) in [5, 5.41) is 7.63. The summed E-state index contributed by atoms with van der Waals surface area (Å²) in [6, 6.07) is 53.8. The van der Waals surface area contributed by atoms with Crippen LogP contribution in [0.5, 0.6) is 0 Å².